The molecule has 0 saturated carbocycles. The number of fused-ring (bicyclic) bond motifs is 1. The van der Waals surface area contributed by atoms with Crippen LogP contribution >= 0.6 is 0 Å². The highest BCUT2D eigenvalue weighted by atomic mass is 16.6. The first kappa shape index (κ1) is 14.1. The number of imidazole rings is 1. The van der Waals surface area contributed by atoms with Crippen LogP contribution in [-0.2, 0) is 9.47 Å². The van der Waals surface area contributed by atoms with Crippen LogP contribution < -0.4 is 11.5 Å². The first-order valence-corrected chi connectivity index (χ1v) is 6.24. The average molecular weight is 296 g/mol. The predicted octanol–water partition coefficient (Wildman–Crippen LogP) is -2.20. The van der Waals surface area contributed by atoms with E-state index in [1.165, 1.54) is 24.1 Å². The van der Waals surface area contributed by atoms with Crippen LogP contribution in [0.25, 0.3) is 5.65 Å². The molecule has 2 aromatic rings. The first-order chi connectivity index (χ1) is 9.98. The molecule has 3 heterocycles. The summed E-state index contributed by atoms with van der Waals surface area (Å²) in [6.45, 7) is -0.0738. The van der Waals surface area contributed by atoms with Crippen LogP contribution in [0, 0.1) is 0 Å². The van der Waals surface area contributed by atoms with Crippen LogP contribution in [-0.4, -0.2) is 61.4 Å². The minimum absolute atomic E-state index is 0.0738. The van der Waals surface area contributed by atoms with Gasteiger partial charge in [0.1, 0.15) is 24.6 Å². The fourth-order valence-corrected chi connectivity index (χ4v) is 2.46. The van der Waals surface area contributed by atoms with Crippen molar-refractivity contribution in [3.63, 3.8) is 0 Å². The maximum atomic E-state index is 10.2. The van der Waals surface area contributed by atoms with Crippen molar-refractivity contribution in [3.05, 3.63) is 18.2 Å². The fraction of sp³-hybridized carbons (Fsp3) is 0.545. The summed E-state index contributed by atoms with van der Waals surface area (Å²) in [4.78, 5) is 7.91. The van der Waals surface area contributed by atoms with Gasteiger partial charge in [0.05, 0.1) is 18.5 Å². The van der Waals surface area contributed by atoms with Crippen molar-refractivity contribution in [2.75, 3.05) is 19.5 Å². The SMILES string of the molecule is COC[C@@]1(N)O[C@@H](c2cnc3c(N)ncnn23)[C@H](O)[C@@H]1O. The van der Waals surface area contributed by atoms with E-state index in [1.54, 1.807) is 0 Å². The summed E-state index contributed by atoms with van der Waals surface area (Å²) in [5.41, 5.74) is 10.9. The smallest absolute Gasteiger partial charge is 0.196 e. The molecule has 0 spiro atoms. The molecule has 10 nitrogen and oxygen atoms in total. The van der Waals surface area contributed by atoms with Gasteiger partial charge in [-0.05, 0) is 0 Å². The van der Waals surface area contributed by atoms with Gasteiger partial charge < -0.3 is 25.4 Å². The van der Waals surface area contributed by atoms with Crippen LogP contribution in [0.1, 0.15) is 11.8 Å². The van der Waals surface area contributed by atoms with E-state index < -0.39 is 24.0 Å². The Morgan fingerprint density at radius 3 is 2.95 bits per heavy atom. The van der Waals surface area contributed by atoms with Crippen molar-refractivity contribution in [2.24, 2.45) is 5.73 Å². The molecule has 114 valence electrons. The van der Waals surface area contributed by atoms with E-state index in [9.17, 15) is 10.2 Å². The lowest BCUT2D eigenvalue weighted by atomic mass is 10.0. The number of rotatable bonds is 3. The number of anilines is 1. The molecular weight excluding hydrogens is 280 g/mol. The maximum Gasteiger partial charge on any atom is 0.196 e. The molecule has 1 saturated heterocycles. The van der Waals surface area contributed by atoms with Gasteiger partial charge in [-0.2, -0.15) is 5.10 Å². The van der Waals surface area contributed by atoms with E-state index in [0.717, 1.165) is 0 Å². The van der Waals surface area contributed by atoms with Crippen molar-refractivity contribution in [1.82, 2.24) is 19.6 Å². The Balaban J connectivity index is 2.02. The lowest BCUT2D eigenvalue weighted by molar-refractivity contribution is -0.117. The van der Waals surface area contributed by atoms with Gasteiger partial charge >= 0.3 is 0 Å². The number of nitrogens with zero attached hydrogens (tertiary/aromatic N) is 4. The zero-order chi connectivity index (χ0) is 15.2. The van der Waals surface area contributed by atoms with Crippen LogP contribution in [0.5, 0.6) is 0 Å². The largest absolute Gasteiger partial charge is 0.387 e. The second kappa shape index (κ2) is 4.86. The molecule has 0 amide bonds. The lowest BCUT2D eigenvalue weighted by Crippen LogP contribution is -2.54. The number of ether oxygens (including phenoxy) is 2. The van der Waals surface area contributed by atoms with Crippen molar-refractivity contribution in [1.29, 1.82) is 0 Å². The topological polar surface area (TPSA) is 154 Å². The van der Waals surface area contributed by atoms with Gasteiger partial charge in [0.15, 0.2) is 17.2 Å². The molecular formula is C11H16N6O4. The van der Waals surface area contributed by atoms with Gasteiger partial charge in [0.2, 0.25) is 0 Å². The van der Waals surface area contributed by atoms with Crippen molar-refractivity contribution in [2.45, 2.75) is 24.0 Å². The monoisotopic (exact) mass is 296 g/mol. The van der Waals surface area contributed by atoms with Crippen LogP contribution in [0.4, 0.5) is 5.82 Å². The molecule has 0 unspecified atom stereocenters. The molecule has 1 aliphatic heterocycles. The molecule has 1 aliphatic rings. The molecule has 0 aliphatic carbocycles. The van der Waals surface area contributed by atoms with Gasteiger partial charge in [0, 0.05) is 7.11 Å². The van der Waals surface area contributed by atoms with Gasteiger partial charge in [-0.1, -0.05) is 0 Å². The zero-order valence-corrected chi connectivity index (χ0v) is 11.2. The number of aliphatic hydroxyl groups excluding tert-OH is 2. The van der Waals surface area contributed by atoms with E-state index in [0.29, 0.717) is 11.3 Å². The number of hydrogen-bond acceptors (Lipinski definition) is 9. The van der Waals surface area contributed by atoms with E-state index in [1.807, 2.05) is 0 Å². The Bertz CT molecular complexity index is 663. The van der Waals surface area contributed by atoms with E-state index in [2.05, 4.69) is 15.1 Å². The standard InChI is InChI=1S/C11H16N6O4/c1-20-3-11(13)8(19)6(18)7(21-11)5-2-14-10-9(12)15-4-16-17(5)10/h2,4,6-8,18-19H,3,13H2,1H3,(H2,12,15,16)/t6-,7-,8-,11+/m0/s1. The fourth-order valence-electron chi connectivity index (χ4n) is 2.46. The molecule has 4 atom stereocenters. The highest BCUT2D eigenvalue weighted by Gasteiger charge is 2.53. The van der Waals surface area contributed by atoms with Crippen molar-refractivity contribution >= 4 is 11.5 Å². The Morgan fingerprint density at radius 1 is 1.48 bits per heavy atom. The Labute approximate surface area is 119 Å². The van der Waals surface area contributed by atoms with Gasteiger partial charge in [-0.15, -0.1) is 0 Å². The molecule has 10 heteroatoms. The molecule has 0 radical (unpaired) electrons. The summed E-state index contributed by atoms with van der Waals surface area (Å²) in [7, 11) is 1.42. The number of nitrogens with two attached hydrogens (primary N) is 2. The number of methoxy groups -OCH3 is 1. The quantitative estimate of drug-likeness (QED) is 0.494. The van der Waals surface area contributed by atoms with Crippen LogP contribution in [0.3, 0.4) is 0 Å². The summed E-state index contributed by atoms with van der Waals surface area (Å²) < 4.78 is 11.9. The maximum absolute atomic E-state index is 10.2. The first-order valence-electron chi connectivity index (χ1n) is 6.24. The van der Waals surface area contributed by atoms with Crippen molar-refractivity contribution in [3.8, 4) is 0 Å². The summed E-state index contributed by atoms with van der Waals surface area (Å²) >= 11 is 0. The second-order valence-corrected chi connectivity index (χ2v) is 4.93. The highest BCUT2D eigenvalue weighted by molar-refractivity contribution is 5.58. The molecule has 3 rings (SSSR count). The third-order valence-electron chi connectivity index (χ3n) is 3.50. The Kier molecular flexibility index (Phi) is 3.26. The average Bonchev–Trinajstić information content (AvgIpc) is 2.96. The summed E-state index contributed by atoms with van der Waals surface area (Å²) in [5, 5.41) is 24.3. The summed E-state index contributed by atoms with van der Waals surface area (Å²) in [5.74, 6) is 0.195. The highest BCUT2D eigenvalue weighted by Crippen LogP contribution is 2.37. The summed E-state index contributed by atoms with van der Waals surface area (Å²) in [6.07, 6.45) is -0.770. The van der Waals surface area contributed by atoms with E-state index in [4.69, 9.17) is 20.9 Å². The lowest BCUT2D eigenvalue weighted by Gasteiger charge is -2.26. The minimum Gasteiger partial charge on any atom is -0.387 e. The number of aromatic nitrogens is 4. The van der Waals surface area contributed by atoms with E-state index >= 15 is 0 Å². The van der Waals surface area contributed by atoms with Gasteiger partial charge in [-0.3, -0.25) is 5.73 Å². The molecule has 0 bridgehead atoms. The number of hydrogen-bond donors (Lipinski definition) is 4. The summed E-state index contributed by atoms with van der Waals surface area (Å²) in [6, 6.07) is 0. The normalized spacial score (nSPS) is 32.9. The third-order valence-corrected chi connectivity index (χ3v) is 3.50. The van der Waals surface area contributed by atoms with Crippen LogP contribution in [0.15, 0.2) is 12.5 Å². The predicted molar refractivity (Wildman–Crippen MR) is 69.8 cm³/mol. The zero-order valence-electron chi connectivity index (χ0n) is 11.2. The Morgan fingerprint density at radius 2 is 2.24 bits per heavy atom. The molecule has 1 fully saturated rings. The van der Waals surface area contributed by atoms with Crippen molar-refractivity contribution < 1.29 is 19.7 Å². The molecule has 0 aromatic carbocycles. The number of nitrogen functional groups attached to an aromatic ring is 1. The molecule has 21 heavy (non-hydrogen) atoms. The number of aliphatic hydroxyl groups is 2. The van der Waals surface area contributed by atoms with Gasteiger partial charge in [-0.25, -0.2) is 14.5 Å². The van der Waals surface area contributed by atoms with E-state index in [-0.39, 0.29) is 12.4 Å². The third kappa shape index (κ3) is 2.04. The van der Waals surface area contributed by atoms with Crippen LogP contribution in [0.2, 0.25) is 0 Å². The second-order valence-electron chi connectivity index (χ2n) is 4.93. The Hall–Kier alpha value is -1.85. The van der Waals surface area contributed by atoms with Gasteiger partial charge in [0.25, 0.3) is 0 Å². The molecule has 2 aromatic heterocycles. The molecule has 6 N–H and O–H groups in total. The minimum atomic E-state index is -1.51.